The van der Waals surface area contributed by atoms with Crippen LogP contribution in [0.1, 0.15) is 46.5 Å². The molecule has 116 valence electrons. The first kappa shape index (κ1) is 16.5. The maximum Gasteiger partial charge on any atom is 0.136 e. The molecule has 0 bridgehead atoms. The van der Waals surface area contributed by atoms with Crippen LogP contribution in [0.15, 0.2) is 28.7 Å². The van der Waals surface area contributed by atoms with Gasteiger partial charge in [0, 0.05) is 16.8 Å². The Morgan fingerprint density at radius 3 is 2.52 bits per heavy atom. The van der Waals surface area contributed by atoms with Crippen LogP contribution in [-0.4, -0.2) is 12.4 Å². The van der Waals surface area contributed by atoms with E-state index in [4.69, 9.17) is 4.74 Å². The molecule has 0 radical (unpaired) electrons. The number of hydrogen-bond donors (Lipinski definition) is 0. The summed E-state index contributed by atoms with van der Waals surface area (Å²) in [7, 11) is 0. The van der Waals surface area contributed by atoms with E-state index in [-0.39, 0.29) is 5.92 Å². The van der Waals surface area contributed by atoms with Crippen molar-refractivity contribution in [3.63, 3.8) is 0 Å². The molecule has 1 aliphatic carbocycles. The predicted molar refractivity (Wildman–Crippen MR) is 89.5 cm³/mol. The maximum absolute atomic E-state index is 12.1. The molecule has 1 fully saturated rings. The number of hydrogen-bond acceptors (Lipinski definition) is 2. The van der Waals surface area contributed by atoms with Crippen molar-refractivity contribution < 1.29 is 9.53 Å². The Hall–Kier alpha value is -0.830. The topological polar surface area (TPSA) is 26.3 Å². The van der Waals surface area contributed by atoms with Gasteiger partial charge in [0.25, 0.3) is 0 Å². The van der Waals surface area contributed by atoms with Crippen molar-refractivity contribution in [2.24, 2.45) is 17.3 Å². The van der Waals surface area contributed by atoms with Gasteiger partial charge in [-0.2, -0.15) is 0 Å². The Kier molecular flexibility index (Phi) is 5.48. The molecule has 0 saturated heterocycles. The third kappa shape index (κ3) is 4.84. The Morgan fingerprint density at radius 1 is 1.24 bits per heavy atom. The zero-order valence-electron chi connectivity index (χ0n) is 13.2. The first-order valence-corrected chi connectivity index (χ1v) is 8.56. The second-order valence-electron chi connectivity index (χ2n) is 7.09. The minimum atomic E-state index is 0.179. The van der Waals surface area contributed by atoms with Gasteiger partial charge in [-0.25, -0.2) is 0 Å². The lowest BCUT2D eigenvalue weighted by Gasteiger charge is -2.37. The molecule has 21 heavy (non-hydrogen) atoms. The summed E-state index contributed by atoms with van der Waals surface area (Å²) in [6.45, 7) is 7.46. The number of Topliss-reactive ketones (excluding diaryl/α,β-unsaturated/α-hetero) is 1. The molecule has 0 amide bonds. The van der Waals surface area contributed by atoms with E-state index >= 15 is 0 Å². The molecule has 1 aliphatic rings. The number of ether oxygens (including phenoxy) is 1. The molecule has 1 aromatic carbocycles. The fraction of sp³-hybridized carbons (Fsp3) is 0.611. The van der Waals surface area contributed by atoms with Gasteiger partial charge < -0.3 is 4.74 Å². The van der Waals surface area contributed by atoms with Gasteiger partial charge >= 0.3 is 0 Å². The van der Waals surface area contributed by atoms with Gasteiger partial charge in [0.2, 0.25) is 0 Å². The molecule has 1 aromatic rings. The van der Waals surface area contributed by atoms with Crippen LogP contribution in [-0.2, 0) is 4.79 Å². The van der Waals surface area contributed by atoms with Crippen LogP contribution in [0.4, 0.5) is 0 Å². The van der Waals surface area contributed by atoms with Gasteiger partial charge in [-0.3, -0.25) is 4.79 Å². The van der Waals surface area contributed by atoms with Crippen molar-refractivity contribution in [3.05, 3.63) is 28.7 Å². The fourth-order valence-corrected chi connectivity index (χ4v) is 3.29. The molecule has 0 spiro atoms. The molecule has 0 N–H and O–H groups in total. The third-order valence-corrected chi connectivity index (χ3v) is 5.07. The molecule has 1 saturated carbocycles. The molecule has 2 unspecified atom stereocenters. The first-order valence-electron chi connectivity index (χ1n) is 7.77. The number of benzene rings is 1. The highest BCUT2D eigenvalue weighted by atomic mass is 79.9. The Balaban J connectivity index is 1.83. The minimum absolute atomic E-state index is 0.179. The van der Waals surface area contributed by atoms with E-state index in [2.05, 4.69) is 36.7 Å². The van der Waals surface area contributed by atoms with E-state index in [1.54, 1.807) is 0 Å². The summed E-state index contributed by atoms with van der Waals surface area (Å²) in [6.07, 6.45) is 3.64. The van der Waals surface area contributed by atoms with E-state index in [0.717, 1.165) is 35.9 Å². The zero-order valence-corrected chi connectivity index (χ0v) is 14.8. The fourth-order valence-electron chi connectivity index (χ4n) is 3.03. The lowest BCUT2D eigenvalue weighted by molar-refractivity contribution is -0.127. The second-order valence-corrected chi connectivity index (χ2v) is 8.01. The highest BCUT2D eigenvalue weighted by molar-refractivity contribution is 9.10. The molecule has 0 aromatic heterocycles. The van der Waals surface area contributed by atoms with E-state index in [1.807, 2.05) is 24.3 Å². The van der Waals surface area contributed by atoms with Crippen LogP contribution in [0.25, 0.3) is 0 Å². The summed E-state index contributed by atoms with van der Waals surface area (Å²) in [5.41, 5.74) is 0.297. The molecular formula is C18H25BrO2. The number of halogens is 1. The van der Waals surface area contributed by atoms with Crippen molar-refractivity contribution in [2.45, 2.75) is 46.5 Å². The first-order chi connectivity index (χ1) is 9.86. The molecular weight excluding hydrogens is 328 g/mol. The SMILES string of the molecule is CC(C)(C)C1CCC(=O)C(CCOc2ccc(Br)cc2)C1. The van der Waals surface area contributed by atoms with Gasteiger partial charge in [-0.1, -0.05) is 36.7 Å². The molecule has 2 atom stereocenters. The summed E-state index contributed by atoms with van der Waals surface area (Å²) in [5, 5.41) is 0. The van der Waals surface area contributed by atoms with Gasteiger partial charge in [-0.15, -0.1) is 0 Å². The highest BCUT2D eigenvalue weighted by Crippen LogP contribution is 2.39. The van der Waals surface area contributed by atoms with E-state index in [1.165, 1.54) is 0 Å². The monoisotopic (exact) mass is 352 g/mol. The summed E-state index contributed by atoms with van der Waals surface area (Å²) < 4.78 is 6.81. The van der Waals surface area contributed by atoms with Crippen LogP contribution in [0.5, 0.6) is 5.75 Å². The van der Waals surface area contributed by atoms with Crippen molar-refractivity contribution in [1.29, 1.82) is 0 Å². The Labute approximate surface area is 136 Å². The number of carbonyl (C=O) groups excluding carboxylic acids is 1. The zero-order chi connectivity index (χ0) is 15.5. The molecule has 2 nitrogen and oxygen atoms in total. The number of ketones is 1. The van der Waals surface area contributed by atoms with E-state index in [0.29, 0.717) is 23.7 Å². The smallest absolute Gasteiger partial charge is 0.136 e. The van der Waals surface area contributed by atoms with Crippen LogP contribution in [0.3, 0.4) is 0 Å². The van der Waals surface area contributed by atoms with Gasteiger partial charge in [-0.05, 0) is 54.9 Å². The summed E-state index contributed by atoms with van der Waals surface area (Å²) in [4.78, 5) is 12.1. The summed E-state index contributed by atoms with van der Waals surface area (Å²) in [6, 6.07) is 7.84. The molecule has 2 rings (SSSR count). The summed E-state index contributed by atoms with van der Waals surface area (Å²) in [5.74, 6) is 2.12. The van der Waals surface area contributed by atoms with Crippen molar-refractivity contribution in [1.82, 2.24) is 0 Å². The second kappa shape index (κ2) is 6.95. The van der Waals surface area contributed by atoms with Crippen molar-refractivity contribution in [2.75, 3.05) is 6.61 Å². The van der Waals surface area contributed by atoms with Crippen LogP contribution >= 0.6 is 15.9 Å². The Bertz CT molecular complexity index is 473. The predicted octanol–water partition coefficient (Wildman–Crippen LogP) is 5.25. The summed E-state index contributed by atoms with van der Waals surface area (Å²) >= 11 is 3.41. The van der Waals surface area contributed by atoms with E-state index < -0.39 is 0 Å². The van der Waals surface area contributed by atoms with Crippen molar-refractivity contribution >= 4 is 21.7 Å². The quantitative estimate of drug-likeness (QED) is 0.739. The Morgan fingerprint density at radius 2 is 1.90 bits per heavy atom. The minimum Gasteiger partial charge on any atom is -0.494 e. The molecule has 3 heteroatoms. The third-order valence-electron chi connectivity index (χ3n) is 4.54. The highest BCUT2D eigenvalue weighted by Gasteiger charge is 2.34. The normalized spacial score (nSPS) is 23.1. The van der Waals surface area contributed by atoms with Crippen LogP contribution in [0, 0.1) is 17.3 Å². The lowest BCUT2D eigenvalue weighted by Crippen LogP contribution is -2.32. The van der Waals surface area contributed by atoms with Crippen LogP contribution < -0.4 is 4.74 Å². The van der Waals surface area contributed by atoms with Gasteiger partial charge in [0.05, 0.1) is 6.61 Å². The maximum atomic E-state index is 12.1. The average Bonchev–Trinajstić information content (AvgIpc) is 2.42. The van der Waals surface area contributed by atoms with E-state index in [9.17, 15) is 4.79 Å². The number of rotatable bonds is 4. The van der Waals surface area contributed by atoms with Crippen LogP contribution in [0.2, 0.25) is 0 Å². The standard InChI is InChI=1S/C18H25BrO2/c1-18(2,3)14-4-9-17(20)13(12-14)10-11-21-16-7-5-15(19)6-8-16/h5-8,13-14H,4,9-12H2,1-3H3. The number of carbonyl (C=O) groups is 1. The molecule has 0 aliphatic heterocycles. The molecule has 0 heterocycles. The lowest BCUT2D eigenvalue weighted by atomic mass is 9.68. The van der Waals surface area contributed by atoms with Gasteiger partial charge in [0.15, 0.2) is 0 Å². The van der Waals surface area contributed by atoms with Gasteiger partial charge in [0.1, 0.15) is 11.5 Å². The van der Waals surface area contributed by atoms with Crippen molar-refractivity contribution in [3.8, 4) is 5.75 Å². The average molecular weight is 353 g/mol. The largest absolute Gasteiger partial charge is 0.494 e.